The number of aromatic nitrogens is 4. The number of amides is 1. The quantitative estimate of drug-likeness (QED) is 0.679. The minimum absolute atomic E-state index is 0.0209. The first-order chi connectivity index (χ1) is 14.5. The van der Waals surface area contributed by atoms with Gasteiger partial charge in [0.25, 0.3) is 0 Å². The molecule has 1 aromatic carbocycles. The summed E-state index contributed by atoms with van der Waals surface area (Å²) in [4.78, 5) is 18.8. The van der Waals surface area contributed by atoms with Crippen LogP contribution in [0.25, 0.3) is 11.3 Å². The van der Waals surface area contributed by atoms with Crippen LogP contribution in [0.15, 0.2) is 49.1 Å². The van der Waals surface area contributed by atoms with Crippen LogP contribution in [0.5, 0.6) is 0 Å². The Balaban J connectivity index is 1.31. The molecule has 1 amide bonds. The Morgan fingerprint density at radius 1 is 1.30 bits per heavy atom. The van der Waals surface area contributed by atoms with E-state index in [1.54, 1.807) is 35.4 Å². The lowest BCUT2D eigenvalue weighted by Gasteiger charge is -2.32. The Morgan fingerprint density at radius 3 is 2.77 bits per heavy atom. The Bertz CT molecular complexity index is 991. The minimum atomic E-state index is -0.267. The second kappa shape index (κ2) is 8.79. The first kappa shape index (κ1) is 20.3. The number of imidazole rings is 1. The van der Waals surface area contributed by atoms with Crippen molar-refractivity contribution in [2.75, 3.05) is 13.1 Å². The minimum Gasteiger partial charge on any atom is -0.351 e. The summed E-state index contributed by atoms with van der Waals surface area (Å²) < 4.78 is 17.7. The van der Waals surface area contributed by atoms with E-state index in [1.165, 1.54) is 6.07 Å². The Morgan fingerprint density at radius 2 is 2.07 bits per heavy atom. The number of piperidine rings is 1. The van der Waals surface area contributed by atoms with E-state index in [0.29, 0.717) is 11.3 Å². The van der Waals surface area contributed by atoms with Gasteiger partial charge in [-0.2, -0.15) is 5.10 Å². The molecule has 1 N–H and O–H groups in total. The van der Waals surface area contributed by atoms with Crippen molar-refractivity contribution in [3.63, 3.8) is 0 Å². The number of nitrogens with one attached hydrogen (secondary N) is 1. The van der Waals surface area contributed by atoms with Crippen molar-refractivity contribution in [1.82, 2.24) is 29.5 Å². The zero-order valence-corrected chi connectivity index (χ0v) is 17.3. The number of hydrogen-bond acceptors (Lipinski definition) is 4. The Labute approximate surface area is 175 Å². The van der Waals surface area contributed by atoms with Gasteiger partial charge in [0.2, 0.25) is 5.91 Å². The molecule has 4 rings (SSSR count). The normalized spacial score (nSPS) is 16.5. The number of halogens is 1. The number of likely N-dealkylation sites (tertiary alicyclic amines) is 1. The molecule has 8 heteroatoms. The predicted octanol–water partition coefficient (Wildman–Crippen LogP) is 2.76. The summed E-state index contributed by atoms with van der Waals surface area (Å²) in [6.07, 6.45) is 6.95. The zero-order chi connectivity index (χ0) is 21.1. The van der Waals surface area contributed by atoms with Crippen LogP contribution in [-0.2, 0) is 18.4 Å². The van der Waals surface area contributed by atoms with Crippen molar-refractivity contribution in [3.05, 3.63) is 60.6 Å². The number of aryl methyl sites for hydroxylation is 1. The molecule has 0 radical (unpaired) electrons. The SMILES string of the molecule is C[C@H](C(=O)NC1CCN(Cc2cc(-c3ccccc3F)nn2C)CC1)n1ccnc1. The summed E-state index contributed by atoms with van der Waals surface area (Å²) in [6.45, 7) is 4.42. The molecule has 1 aliphatic heterocycles. The van der Waals surface area contributed by atoms with E-state index in [4.69, 9.17) is 0 Å². The fraction of sp³-hybridized carbons (Fsp3) is 0.409. The molecule has 1 aliphatic rings. The monoisotopic (exact) mass is 410 g/mol. The van der Waals surface area contributed by atoms with Gasteiger partial charge < -0.3 is 9.88 Å². The molecule has 3 heterocycles. The average molecular weight is 410 g/mol. The fourth-order valence-electron chi connectivity index (χ4n) is 3.87. The van der Waals surface area contributed by atoms with Crippen LogP contribution in [0.4, 0.5) is 4.39 Å². The molecule has 158 valence electrons. The van der Waals surface area contributed by atoms with Crippen molar-refractivity contribution >= 4 is 5.91 Å². The highest BCUT2D eigenvalue weighted by molar-refractivity contribution is 5.80. The number of rotatable bonds is 6. The van der Waals surface area contributed by atoms with E-state index in [2.05, 4.69) is 20.3 Å². The van der Waals surface area contributed by atoms with Crippen LogP contribution in [0.2, 0.25) is 0 Å². The van der Waals surface area contributed by atoms with Gasteiger partial charge in [-0.25, -0.2) is 9.37 Å². The molecule has 1 fully saturated rings. The van der Waals surface area contributed by atoms with Crippen molar-refractivity contribution in [1.29, 1.82) is 0 Å². The molecule has 30 heavy (non-hydrogen) atoms. The molecule has 7 nitrogen and oxygen atoms in total. The highest BCUT2D eigenvalue weighted by Gasteiger charge is 2.24. The highest BCUT2D eigenvalue weighted by atomic mass is 19.1. The summed E-state index contributed by atoms with van der Waals surface area (Å²) in [5.74, 6) is -0.240. The molecule has 0 saturated carbocycles. The van der Waals surface area contributed by atoms with Gasteiger partial charge in [0, 0.05) is 50.7 Å². The topological polar surface area (TPSA) is 68.0 Å². The van der Waals surface area contributed by atoms with Gasteiger partial charge in [-0.05, 0) is 38.0 Å². The third kappa shape index (κ3) is 4.43. The van der Waals surface area contributed by atoms with Crippen LogP contribution in [0.3, 0.4) is 0 Å². The lowest BCUT2D eigenvalue weighted by Crippen LogP contribution is -2.46. The fourth-order valence-corrected chi connectivity index (χ4v) is 3.87. The van der Waals surface area contributed by atoms with Crippen LogP contribution in [-0.4, -0.2) is 49.3 Å². The summed E-state index contributed by atoms with van der Waals surface area (Å²) in [5, 5.41) is 7.65. The number of hydrogen-bond donors (Lipinski definition) is 1. The smallest absolute Gasteiger partial charge is 0.243 e. The van der Waals surface area contributed by atoms with Crippen molar-refractivity contribution < 1.29 is 9.18 Å². The first-order valence-corrected chi connectivity index (χ1v) is 10.3. The molecule has 1 atom stereocenters. The maximum atomic E-state index is 14.1. The average Bonchev–Trinajstić information content (AvgIpc) is 3.40. The first-order valence-electron chi connectivity index (χ1n) is 10.3. The van der Waals surface area contributed by atoms with Gasteiger partial charge in [0.05, 0.1) is 17.7 Å². The molecular formula is C22H27FN6O. The maximum absolute atomic E-state index is 14.1. The van der Waals surface area contributed by atoms with E-state index in [0.717, 1.165) is 38.2 Å². The summed E-state index contributed by atoms with van der Waals surface area (Å²) in [5.41, 5.74) is 2.22. The summed E-state index contributed by atoms with van der Waals surface area (Å²) in [6, 6.07) is 8.58. The lowest BCUT2D eigenvalue weighted by molar-refractivity contribution is -0.124. The van der Waals surface area contributed by atoms with Gasteiger partial charge in [0.15, 0.2) is 0 Å². The van der Waals surface area contributed by atoms with Gasteiger partial charge >= 0.3 is 0 Å². The number of carbonyl (C=O) groups excluding carboxylic acids is 1. The van der Waals surface area contributed by atoms with E-state index in [1.807, 2.05) is 30.8 Å². The lowest BCUT2D eigenvalue weighted by atomic mass is 10.0. The molecule has 3 aromatic rings. The summed E-state index contributed by atoms with van der Waals surface area (Å²) >= 11 is 0. The standard InChI is InChI=1S/C22H27FN6O/c1-16(29-12-9-24-15-29)22(30)25-17-7-10-28(11-8-17)14-18-13-21(26-27(18)2)19-5-3-4-6-20(19)23/h3-6,9,12-13,15-17H,7-8,10-11,14H2,1-2H3,(H,25,30)/t16-/m1/s1. The molecule has 0 spiro atoms. The predicted molar refractivity (Wildman–Crippen MR) is 112 cm³/mol. The largest absolute Gasteiger partial charge is 0.351 e. The Hall–Kier alpha value is -3.00. The number of carbonyl (C=O) groups is 1. The summed E-state index contributed by atoms with van der Waals surface area (Å²) in [7, 11) is 1.89. The second-order valence-electron chi connectivity index (χ2n) is 7.87. The maximum Gasteiger partial charge on any atom is 0.243 e. The van der Waals surface area contributed by atoms with E-state index in [-0.39, 0.29) is 23.8 Å². The van der Waals surface area contributed by atoms with Gasteiger partial charge in [-0.1, -0.05) is 12.1 Å². The van der Waals surface area contributed by atoms with Crippen LogP contribution in [0.1, 0.15) is 31.5 Å². The number of benzene rings is 1. The van der Waals surface area contributed by atoms with Gasteiger partial charge in [0.1, 0.15) is 11.9 Å². The highest BCUT2D eigenvalue weighted by Crippen LogP contribution is 2.23. The molecule has 0 unspecified atom stereocenters. The van der Waals surface area contributed by atoms with E-state index < -0.39 is 0 Å². The number of nitrogens with zero attached hydrogens (tertiary/aromatic N) is 5. The van der Waals surface area contributed by atoms with Crippen molar-refractivity contribution in [2.24, 2.45) is 7.05 Å². The molecular weight excluding hydrogens is 383 g/mol. The third-order valence-corrected chi connectivity index (χ3v) is 5.80. The van der Waals surface area contributed by atoms with Crippen LogP contribution >= 0.6 is 0 Å². The van der Waals surface area contributed by atoms with Crippen LogP contribution < -0.4 is 5.32 Å². The van der Waals surface area contributed by atoms with E-state index in [9.17, 15) is 9.18 Å². The molecule has 1 saturated heterocycles. The Kier molecular flexibility index (Phi) is 5.94. The van der Waals surface area contributed by atoms with E-state index >= 15 is 0 Å². The zero-order valence-electron chi connectivity index (χ0n) is 17.3. The van der Waals surface area contributed by atoms with Crippen molar-refractivity contribution in [3.8, 4) is 11.3 Å². The van der Waals surface area contributed by atoms with Gasteiger partial charge in [-0.15, -0.1) is 0 Å². The van der Waals surface area contributed by atoms with Crippen molar-refractivity contribution in [2.45, 2.75) is 38.4 Å². The molecule has 0 bridgehead atoms. The molecule has 2 aromatic heterocycles. The second-order valence-corrected chi connectivity index (χ2v) is 7.87. The third-order valence-electron chi connectivity index (χ3n) is 5.80. The molecule has 0 aliphatic carbocycles. The van der Waals surface area contributed by atoms with Gasteiger partial charge in [-0.3, -0.25) is 14.4 Å². The van der Waals surface area contributed by atoms with Crippen LogP contribution in [0, 0.1) is 5.82 Å².